The van der Waals surface area contributed by atoms with E-state index >= 15 is 0 Å². The average molecular weight is 276 g/mol. The molecule has 14 heavy (non-hydrogen) atoms. The first kappa shape index (κ1) is 11.9. The summed E-state index contributed by atoms with van der Waals surface area (Å²) in [5, 5.41) is 3.23. The smallest absolute Gasteiger partial charge is 0.174 e. The predicted molar refractivity (Wildman–Crippen MR) is 64.1 cm³/mol. The van der Waals surface area contributed by atoms with Crippen LogP contribution in [0.25, 0.3) is 0 Å². The van der Waals surface area contributed by atoms with Crippen LogP contribution in [-0.2, 0) is 0 Å². The van der Waals surface area contributed by atoms with Crippen molar-refractivity contribution >= 4 is 33.0 Å². The van der Waals surface area contributed by atoms with E-state index in [1.165, 1.54) is 11.3 Å². The molecule has 0 amide bonds. The molecular formula is C10H14BrNOS. The van der Waals surface area contributed by atoms with Gasteiger partial charge < -0.3 is 5.32 Å². The van der Waals surface area contributed by atoms with Gasteiger partial charge in [-0.3, -0.25) is 4.79 Å². The van der Waals surface area contributed by atoms with Crippen LogP contribution in [0.2, 0.25) is 0 Å². The largest absolute Gasteiger partial charge is 0.314 e. The lowest BCUT2D eigenvalue weighted by molar-refractivity contribution is 0.0986. The fraction of sp³-hybridized carbons (Fsp3) is 0.500. The van der Waals surface area contributed by atoms with Gasteiger partial charge in [-0.15, -0.1) is 11.3 Å². The molecule has 0 aromatic carbocycles. The van der Waals surface area contributed by atoms with Crippen molar-refractivity contribution < 1.29 is 4.79 Å². The first-order valence-electron chi connectivity index (χ1n) is 4.61. The Morgan fingerprint density at radius 1 is 1.57 bits per heavy atom. The molecule has 0 bridgehead atoms. The first-order chi connectivity index (χ1) is 6.59. The second-order valence-electron chi connectivity index (χ2n) is 3.39. The normalized spacial score (nSPS) is 10.9. The standard InChI is InChI=1S/C10H14BrNOS/c1-7(2)12-6-5-8(13)9-3-4-10(11)14-9/h3-4,7,12H,5-6H2,1-2H3. The van der Waals surface area contributed by atoms with Gasteiger partial charge in [0.1, 0.15) is 0 Å². The minimum absolute atomic E-state index is 0.217. The lowest BCUT2D eigenvalue weighted by Crippen LogP contribution is -2.25. The Kier molecular flexibility index (Phi) is 4.78. The quantitative estimate of drug-likeness (QED) is 0.837. The van der Waals surface area contributed by atoms with Crippen molar-refractivity contribution in [3.05, 3.63) is 20.8 Å². The second-order valence-corrected chi connectivity index (χ2v) is 5.85. The minimum atomic E-state index is 0.217. The van der Waals surface area contributed by atoms with Gasteiger partial charge in [0.15, 0.2) is 5.78 Å². The molecule has 78 valence electrons. The van der Waals surface area contributed by atoms with Gasteiger partial charge >= 0.3 is 0 Å². The molecule has 1 N–H and O–H groups in total. The Bertz CT molecular complexity index is 309. The molecule has 1 rings (SSSR count). The zero-order valence-corrected chi connectivity index (χ0v) is 10.7. The number of carbonyl (C=O) groups is 1. The van der Waals surface area contributed by atoms with Gasteiger partial charge in [0.2, 0.25) is 0 Å². The maximum atomic E-state index is 11.6. The fourth-order valence-corrected chi connectivity index (χ4v) is 2.42. The Labute approximate surface area is 96.8 Å². The summed E-state index contributed by atoms with van der Waals surface area (Å²) in [4.78, 5) is 12.4. The number of Topliss-reactive ketones (excluding diaryl/α,β-unsaturated/α-hetero) is 1. The number of hydrogen-bond donors (Lipinski definition) is 1. The molecule has 4 heteroatoms. The number of halogens is 1. The first-order valence-corrected chi connectivity index (χ1v) is 6.22. The van der Waals surface area contributed by atoms with E-state index in [0.29, 0.717) is 12.5 Å². The van der Waals surface area contributed by atoms with Crippen LogP contribution in [0.1, 0.15) is 29.9 Å². The van der Waals surface area contributed by atoms with Crippen LogP contribution in [0.5, 0.6) is 0 Å². The van der Waals surface area contributed by atoms with Crippen LogP contribution >= 0.6 is 27.3 Å². The van der Waals surface area contributed by atoms with Crippen molar-refractivity contribution in [3.8, 4) is 0 Å². The fourth-order valence-electron chi connectivity index (χ4n) is 1.06. The number of hydrogen-bond acceptors (Lipinski definition) is 3. The topological polar surface area (TPSA) is 29.1 Å². The number of carbonyl (C=O) groups excluding carboxylic acids is 1. The van der Waals surface area contributed by atoms with E-state index in [-0.39, 0.29) is 5.78 Å². The number of ketones is 1. The summed E-state index contributed by atoms with van der Waals surface area (Å²) in [6, 6.07) is 4.22. The van der Waals surface area contributed by atoms with E-state index in [4.69, 9.17) is 0 Å². The Morgan fingerprint density at radius 2 is 2.29 bits per heavy atom. The highest BCUT2D eigenvalue weighted by atomic mass is 79.9. The van der Waals surface area contributed by atoms with Crippen LogP contribution in [-0.4, -0.2) is 18.4 Å². The van der Waals surface area contributed by atoms with Gasteiger partial charge in [-0.25, -0.2) is 0 Å². The monoisotopic (exact) mass is 275 g/mol. The number of rotatable bonds is 5. The highest BCUT2D eigenvalue weighted by Crippen LogP contribution is 2.22. The maximum absolute atomic E-state index is 11.6. The molecule has 1 aromatic heterocycles. The van der Waals surface area contributed by atoms with Gasteiger partial charge in [-0.1, -0.05) is 13.8 Å². The summed E-state index contributed by atoms with van der Waals surface area (Å²) < 4.78 is 1.01. The van der Waals surface area contributed by atoms with Gasteiger partial charge in [-0.2, -0.15) is 0 Å². The molecule has 0 radical (unpaired) electrons. The van der Waals surface area contributed by atoms with Crippen LogP contribution in [0.15, 0.2) is 15.9 Å². The van der Waals surface area contributed by atoms with Crippen LogP contribution in [0.3, 0.4) is 0 Å². The van der Waals surface area contributed by atoms with Crippen molar-refractivity contribution in [2.45, 2.75) is 26.3 Å². The van der Waals surface area contributed by atoms with Crippen LogP contribution in [0.4, 0.5) is 0 Å². The third-order valence-corrected chi connectivity index (χ3v) is 3.42. The van der Waals surface area contributed by atoms with E-state index in [2.05, 4.69) is 35.1 Å². The zero-order chi connectivity index (χ0) is 10.6. The highest BCUT2D eigenvalue weighted by molar-refractivity contribution is 9.11. The van der Waals surface area contributed by atoms with E-state index in [1.54, 1.807) is 0 Å². The molecule has 0 spiro atoms. The summed E-state index contributed by atoms with van der Waals surface area (Å²) in [5.74, 6) is 0.217. The molecule has 0 saturated heterocycles. The molecule has 0 fully saturated rings. The molecule has 0 aliphatic heterocycles. The zero-order valence-electron chi connectivity index (χ0n) is 8.34. The summed E-state index contributed by atoms with van der Waals surface area (Å²) in [6.45, 7) is 4.91. The van der Waals surface area contributed by atoms with Gasteiger partial charge in [0, 0.05) is 19.0 Å². The van der Waals surface area contributed by atoms with Crippen molar-refractivity contribution in [1.29, 1.82) is 0 Å². The van der Waals surface area contributed by atoms with Crippen LogP contribution < -0.4 is 5.32 Å². The van der Waals surface area contributed by atoms with E-state index < -0.39 is 0 Å². The Hall–Kier alpha value is -0.190. The number of thiophene rings is 1. The predicted octanol–water partition coefficient (Wildman–Crippen LogP) is 3.08. The van der Waals surface area contributed by atoms with Crippen molar-refractivity contribution in [1.82, 2.24) is 5.32 Å². The van der Waals surface area contributed by atoms with Crippen molar-refractivity contribution in [2.24, 2.45) is 0 Å². The lowest BCUT2D eigenvalue weighted by atomic mass is 10.2. The number of nitrogens with one attached hydrogen (secondary N) is 1. The van der Waals surface area contributed by atoms with E-state index in [0.717, 1.165) is 15.2 Å². The van der Waals surface area contributed by atoms with Gasteiger partial charge in [0.05, 0.1) is 8.66 Å². The summed E-state index contributed by atoms with van der Waals surface area (Å²) in [7, 11) is 0. The molecule has 0 aliphatic carbocycles. The molecule has 0 atom stereocenters. The van der Waals surface area contributed by atoms with Crippen molar-refractivity contribution in [3.63, 3.8) is 0 Å². The highest BCUT2D eigenvalue weighted by Gasteiger charge is 2.07. The Morgan fingerprint density at radius 3 is 2.79 bits per heavy atom. The SMILES string of the molecule is CC(C)NCCC(=O)c1ccc(Br)s1. The van der Waals surface area contributed by atoms with Gasteiger partial charge in [0.25, 0.3) is 0 Å². The summed E-state index contributed by atoms with van der Waals surface area (Å²) in [6.07, 6.45) is 0.575. The maximum Gasteiger partial charge on any atom is 0.174 e. The third-order valence-electron chi connectivity index (χ3n) is 1.75. The average Bonchev–Trinajstić information content (AvgIpc) is 2.51. The van der Waals surface area contributed by atoms with Crippen molar-refractivity contribution in [2.75, 3.05) is 6.54 Å². The van der Waals surface area contributed by atoms with E-state index in [1.807, 2.05) is 12.1 Å². The van der Waals surface area contributed by atoms with E-state index in [9.17, 15) is 4.79 Å². The third kappa shape index (κ3) is 3.90. The molecule has 1 heterocycles. The minimum Gasteiger partial charge on any atom is -0.314 e. The molecule has 2 nitrogen and oxygen atoms in total. The molecule has 0 unspecified atom stereocenters. The lowest BCUT2D eigenvalue weighted by Gasteiger charge is -2.05. The second kappa shape index (κ2) is 5.63. The van der Waals surface area contributed by atoms with Crippen LogP contribution in [0, 0.1) is 0 Å². The molecular weight excluding hydrogens is 262 g/mol. The Balaban J connectivity index is 2.36. The summed E-state index contributed by atoms with van der Waals surface area (Å²) >= 11 is 4.84. The van der Waals surface area contributed by atoms with Gasteiger partial charge in [-0.05, 0) is 28.1 Å². The molecule has 0 aliphatic rings. The molecule has 0 saturated carbocycles. The summed E-state index contributed by atoms with van der Waals surface area (Å²) in [5.41, 5.74) is 0. The molecule has 1 aromatic rings.